The second-order valence-electron chi connectivity index (χ2n) is 7.83. The monoisotopic (exact) mass is 478 g/mol. The number of amides is 1. The molecule has 2 heterocycles. The lowest BCUT2D eigenvalue weighted by atomic mass is 10.1. The van der Waals surface area contributed by atoms with E-state index in [0.29, 0.717) is 16.8 Å². The van der Waals surface area contributed by atoms with Gasteiger partial charge in [0.15, 0.2) is 21.3 Å². The lowest BCUT2D eigenvalue weighted by Gasteiger charge is -2.29. The first-order valence-electron chi connectivity index (χ1n) is 10.5. The Hall–Kier alpha value is -4.10. The van der Waals surface area contributed by atoms with Crippen molar-refractivity contribution in [2.24, 2.45) is 0 Å². The second kappa shape index (κ2) is 9.41. The highest BCUT2D eigenvalue weighted by molar-refractivity contribution is 7.92. The molecule has 0 bridgehead atoms. The first kappa shape index (κ1) is 23.1. The summed E-state index contributed by atoms with van der Waals surface area (Å²) in [5.74, 6) is 6.00. The van der Waals surface area contributed by atoms with Crippen LogP contribution in [0.1, 0.15) is 24.1 Å². The number of piperidine rings is 1. The van der Waals surface area contributed by atoms with E-state index in [4.69, 9.17) is 10.8 Å². The van der Waals surface area contributed by atoms with E-state index >= 15 is 0 Å². The lowest BCUT2D eigenvalue weighted by molar-refractivity contribution is 0.136. The Balaban J connectivity index is 1.54. The summed E-state index contributed by atoms with van der Waals surface area (Å²) in [6.07, 6.45) is 0.984. The third-order valence-corrected chi connectivity index (χ3v) is 7.88. The fraction of sp³-hybridized carbons (Fsp3) is 0.208. The number of benzene rings is 2. The minimum absolute atomic E-state index is 0.0992. The molecule has 10 heteroatoms. The van der Waals surface area contributed by atoms with Crippen molar-refractivity contribution in [3.8, 4) is 28.8 Å². The molecule has 1 aliphatic rings. The van der Waals surface area contributed by atoms with Gasteiger partial charge in [-0.05, 0) is 49.1 Å². The molecular formula is C24H22N4O5S. The van der Waals surface area contributed by atoms with Crippen LogP contribution in [-0.2, 0) is 9.84 Å². The Kier molecular flexibility index (Phi) is 6.38. The normalized spacial score (nSPS) is 14.3. The van der Waals surface area contributed by atoms with Crippen LogP contribution in [0.3, 0.4) is 0 Å². The van der Waals surface area contributed by atoms with Crippen molar-refractivity contribution in [2.75, 3.05) is 18.8 Å². The molecule has 174 valence electrons. The number of sulfone groups is 1. The van der Waals surface area contributed by atoms with E-state index in [1.807, 2.05) is 0 Å². The molecule has 1 fully saturated rings. The molecule has 0 radical (unpaired) electrons. The number of aromatic nitrogens is 2. The maximum absolute atomic E-state index is 13.0. The summed E-state index contributed by atoms with van der Waals surface area (Å²) in [7, 11) is -3.59. The Morgan fingerprint density at radius 2 is 1.79 bits per heavy atom. The summed E-state index contributed by atoms with van der Waals surface area (Å²) >= 11 is 0. The van der Waals surface area contributed by atoms with Crippen LogP contribution in [0.4, 0.5) is 10.6 Å². The van der Waals surface area contributed by atoms with Gasteiger partial charge in [0.1, 0.15) is 5.75 Å². The molecular weight excluding hydrogens is 456 g/mol. The maximum atomic E-state index is 13.0. The third-order valence-electron chi connectivity index (χ3n) is 5.60. The van der Waals surface area contributed by atoms with Crippen molar-refractivity contribution in [3.05, 3.63) is 66.0 Å². The molecule has 1 aromatic heterocycles. The number of likely N-dealkylation sites (tertiary alicyclic amines) is 1. The highest BCUT2D eigenvalue weighted by Gasteiger charge is 2.32. The molecule has 0 spiro atoms. The Bertz CT molecular complexity index is 1390. The Morgan fingerprint density at radius 1 is 1.09 bits per heavy atom. The van der Waals surface area contributed by atoms with Gasteiger partial charge in [-0.15, -0.1) is 0 Å². The summed E-state index contributed by atoms with van der Waals surface area (Å²) in [6.45, 7) is 0.398. The van der Waals surface area contributed by atoms with Crippen molar-refractivity contribution < 1.29 is 23.4 Å². The predicted octanol–water partition coefficient (Wildman–Crippen LogP) is 2.75. The van der Waals surface area contributed by atoms with Crippen molar-refractivity contribution in [3.63, 3.8) is 0 Å². The number of nitrogen functional groups attached to an aromatic ring is 1. The van der Waals surface area contributed by atoms with E-state index in [0.717, 1.165) is 0 Å². The van der Waals surface area contributed by atoms with Crippen LogP contribution in [0, 0.1) is 11.8 Å². The molecule has 1 aliphatic heterocycles. The Labute approximate surface area is 196 Å². The van der Waals surface area contributed by atoms with Crippen LogP contribution < -0.4 is 5.73 Å². The number of hydrogen-bond donors (Lipinski definition) is 3. The van der Waals surface area contributed by atoms with E-state index in [-0.39, 0.29) is 48.1 Å². The third kappa shape index (κ3) is 4.94. The topological polar surface area (TPSA) is 147 Å². The van der Waals surface area contributed by atoms with Gasteiger partial charge >= 0.3 is 6.09 Å². The summed E-state index contributed by atoms with van der Waals surface area (Å²) < 4.78 is 26.0. The van der Waals surface area contributed by atoms with Gasteiger partial charge < -0.3 is 20.8 Å². The quantitative estimate of drug-likeness (QED) is 0.487. The molecule has 34 heavy (non-hydrogen) atoms. The smallest absolute Gasteiger partial charge is 0.407 e. The van der Waals surface area contributed by atoms with Gasteiger partial charge in [-0.2, -0.15) is 0 Å². The van der Waals surface area contributed by atoms with Gasteiger partial charge in [-0.1, -0.05) is 24.1 Å². The molecule has 2 aromatic carbocycles. The zero-order chi connectivity index (χ0) is 24.3. The summed E-state index contributed by atoms with van der Waals surface area (Å²) in [5, 5.41) is 18.0. The van der Waals surface area contributed by atoms with Gasteiger partial charge in [0.05, 0.1) is 22.0 Å². The van der Waals surface area contributed by atoms with Crippen molar-refractivity contribution in [2.45, 2.75) is 23.0 Å². The van der Waals surface area contributed by atoms with Gasteiger partial charge in [0.2, 0.25) is 0 Å². The molecule has 1 amide bonds. The highest BCUT2D eigenvalue weighted by atomic mass is 32.2. The minimum Gasteiger partial charge on any atom is -0.508 e. The van der Waals surface area contributed by atoms with Crippen LogP contribution in [0.2, 0.25) is 0 Å². The zero-order valence-electron chi connectivity index (χ0n) is 18.0. The van der Waals surface area contributed by atoms with E-state index in [1.54, 1.807) is 30.3 Å². The first-order valence-corrected chi connectivity index (χ1v) is 12.0. The zero-order valence-corrected chi connectivity index (χ0v) is 18.9. The largest absolute Gasteiger partial charge is 0.508 e. The minimum atomic E-state index is -3.59. The molecule has 0 atom stereocenters. The summed E-state index contributed by atoms with van der Waals surface area (Å²) in [5.41, 5.74) is 7.89. The SMILES string of the molecule is Nc1ncc(-c2ccc(S(=O)(=O)C3CCN(C(=O)O)CC3)cc2)nc1C#Cc1cccc(O)c1. The average Bonchev–Trinajstić information content (AvgIpc) is 2.84. The molecule has 0 aliphatic carbocycles. The van der Waals surface area contributed by atoms with Crippen LogP contribution >= 0.6 is 0 Å². The van der Waals surface area contributed by atoms with E-state index < -0.39 is 21.2 Å². The first-order chi connectivity index (χ1) is 16.2. The number of hydrogen-bond acceptors (Lipinski definition) is 7. The number of carboxylic acid groups (broad SMARTS) is 1. The number of nitrogens with zero attached hydrogens (tertiary/aromatic N) is 3. The molecule has 4 N–H and O–H groups in total. The van der Waals surface area contributed by atoms with Crippen molar-refractivity contribution >= 4 is 21.7 Å². The molecule has 0 unspecified atom stereocenters. The van der Waals surface area contributed by atoms with Crippen LogP contribution in [0.5, 0.6) is 5.75 Å². The summed E-state index contributed by atoms with van der Waals surface area (Å²) in [6, 6.07) is 12.8. The van der Waals surface area contributed by atoms with Crippen molar-refractivity contribution in [1.29, 1.82) is 0 Å². The standard InChI is InChI=1S/C24H22N4O5S/c25-23-21(9-4-16-2-1-3-18(29)14-16)27-22(15-26-23)17-5-7-19(8-6-17)34(32,33)20-10-12-28(13-11-20)24(30)31/h1-3,5-8,14-15,20,29H,10-13H2,(H2,25,26)(H,30,31). The van der Waals surface area contributed by atoms with Crippen LogP contribution in [0.25, 0.3) is 11.3 Å². The van der Waals surface area contributed by atoms with Gasteiger partial charge in [-0.3, -0.25) is 0 Å². The number of phenolic OH excluding ortho intramolecular Hbond substituents is 1. The number of rotatable bonds is 3. The maximum Gasteiger partial charge on any atom is 0.407 e. The van der Waals surface area contributed by atoms with E-state index in [2.05, 4.69) is 21.8 Å². The molecule has 4 rings (SSSR count). The average molecular weight is 479 g/mol. The molecule has 3 aromatic rings. The highest BCUT2D eigenvalue weighted by Crippen LogP contribution is 2.27. The summed E-state index contributed by atoms with van der Waals surface area (Å²) in [4.78, 5) is 21.1. The fourth-order valence-electron chi connectivity index (χ4n) is 3.71. The van der Waals surface area contributed by atoms with Gasteiger partial charge in [0, 0.05) is 24.2 Å². The van der Waals surface area contributed by atoms with Crippen molar-refractivity contribution in [1.82, 2.24) is 14.9 Å². The number of anilines is 1. The predicted molar refractivity (Wildman–Crippen MR) is 126 cm³/mol. The van der Waals surface area contributed by atoms with Crippen LogP contribution in [-0.4, -0.2) is 57.9 Å². The lowest BCUT2D eigenvalue weighted by Crippen LogP contribution is -2.41. The van der Waals surface area contributed by atoms with Gasteiger partial charge in [-0.25, -0.2) is 23.2 Å². The number of aromatic hydroxyl groups is 1. The molecule has 1 saturated heterocycles. The second-order valence-corrected chi connectivity index (χ2v) is 10.1. The Morgan fingerprint density at radius 3 is 2.44 bits per heavy atom. The number of carbonyl (C=O) groups is 1. The fourth-order valence-corrected chi connectivity index (χ4v) is 5.44. The number of nitrogens with two attached hydrogens (primary N) is 1. The van der Waals surface area contributed by atoms with Crippen LogP contribution in [0.15, 0.2) is 59.6 Å². The van der Waals surface area contributed by atoms with E-state index in [9.17, 15) is 18.3 Å². The van der Waals surface area contributed by atoms with Gasteiger partial charge in [0.25, 0.3) is 0 Å². The molecule has 0 saturated carbocycles. The molecule has 9 nitrogen and oxygen atoms in total. The van der Waals surface area contributed by atoms with E-state index in [1.165, 1.54) is 29.3 Å². The number of phenols is 1.